The van der Waals surface area contributed by atoms with Crippen molar-refractivity contribution in [1.82, 2.24) is 10.6 Å². The van der Waals surface area contributed by atoms with Crippen LogP contribution < -0.4 is 24.8 Å². The molecule has 180 valence electrons. The van der Waals surface area contributed by atoms with Crippen molar-refractivity contribution in [2.24, 2.45) is 0 Å². The Morgan fingerprint density at radius 2 is 1.56 bits per heavy atom. The van der Waals surface area contributed by atoms with Gasteiger partial charge in [-0.25, -0.2) is 4.79 Å². The summed E-state index contributed by atoms with van der Waals surface area (Å²) in [6, 6.07) is 8.37. The number of imide groups is 2. The van der Waals surface area contributed by atoms with Crippen LogP contribution in [0.25, 0.3) is 6.08 Å². The summed E-state index contributed by atoms with van der Waals surface area (Å²) in [5.41, 5.74) is 2.70. The van der Waals surface area contributed by atoms with E-state index in [9.17, 15) is 14.4 Å². The molecule has 4 amide bonds. The molecule has 1 heterocycles. The maximum atomic E-state index is 11.9. The maximum absolute atomic E-state index is 11.9. The molecule has 9 nitrogen and oxygen atoms in total. The fraction of sp³-hybridized carbons (Fsp3) is 0.292. The van der Waals surface area contributed by atoms with Crippen LogP contribution >= 0.6 is 15.9 Å². The third-order valence-corrected chi connectivity index (χ3v) is 5.54. The quantitative estimate of drug-likeness (QED) is 0.274. The molecule has 1 aliphatic rings. The summed E-state index contributed by atoms with van der Waals surface area (Å²) >= 11 is 3.42. The van der Waals surface area contributed by atoms with E-state index < -0.39 is 17.8 Å². The molecule has 34 heavy (non-hydrogen) atoms. The summed E-state index contributed by atoms with van der Waals surface area (Å²) in [6.45, 7) is 5.53. The summed E-state index contributed by atoms with van der Waals surface area (Å²) in [7, 11) is 1.48. The van der Waals surface area contributed by atoms with Crippen LogP contribution in [0, 0.1) is 13.8 Å². The number of urea groups is 1. The van der Waals surface area contributed by atoms with Gasteiger partial charge in [0.1, 0.15) is 24.5 Å². The van der Waals surface area contributed by atoms with E-state index in [1.165, 1.54) is 24.3 Å². The van der Waals surface area contributed by atoms with Crippen molar-refractivity contribution < 1.29 is 33.3 Å². The Bertz CT molecular complexity index is 1110. The molecule has 0 unspecified atom stereocenters. The molecule has 10 heteroatoms. The number of barbiturate groups is 1. The predicted octanol–water partition coefficient (Wildman–Crippen LogP) is 3.30. The normalized spacial score (nSPS) is 13.3. The minimum atomic E-state index is -0.853. The number of aryl methyl sites for hydroxylation is 2. The Morgan fingerprint density at radius 3 is 2.21 bits per heavy atom. The predicted molar refractivity (Wildman–Crippen MR) is 128 cm³/mol. The molecule has 3 rings (SSSR count). The number of hydrogen-bond donors (Lipinski definition) is 2. The minimum Gasteiger partial charge on any atom is -0.493 e. The van der Waals surface area contributed by atoms with Crippen LogP contribution in [0.4, 0.5) is 4.79 Å². The first kappa shape index (κ1) is 25.3. The SMILES string of the molecule is COc1cc(C=C2C(=O)NC(=O)NC2=O)cc(Br)c1OCCOCCOc1ccc(C)c(C)c1. The molecule has 2 aromatic carbocycles. The first-order valence-electron chi connectivity index (χ1n) is 10.4. The number of benzene rings is 2. The van der Waals surface area contributed by atoms with Crippen molar-refractivity contribution in [1.29, 1.82) is 0 Å². The number of hydrogen-bond acceptors (Lipinski definition) is 7. The van der Waals surface area contributed by atoms with E-state index in [-0.39, 0.29) is 12.2 Å². The van der Waals surface area contributed by atoms with Gasteiger partial charge in [0.05, 0.1) is 24.8 Å². The summed E-state index contributed by atoms with van der Waals surface area (Å²) in [6.07, 6.45) is 1.35. The lowest BCUT2D eigenvalue weighted by molar-refractivity contribution is -0.123. The second-order valence-electron chi connectivity index (χ2n) is 7.38. The average Bonchev–Trinajstić information content (AvgIpc) is 2.78. The van der Waals surface area contributed by atoms with Crippen molar-refractivity contribution in [3.8, 4) is 17.2 Å². The monoisotopic (exact) mass is 532 g/mol. The Hall–Kier alpha value is -3.37. The molecule has 0 aromatic heterocycles. The van der Waals surface area contributed by atoms with E-state index in [2.05, 4.69) is 22.9 Å². The second-order valence-corrected chi connectivity index (χ2v) is 8.24. The summed E-state index contributed by atoms with van der Waals surface area (Å²) in [5.74, 6) is 0.103. The highest BCUT2D eigenvalue weighted by Crippen LogP contribution is 2.37. The zero-order chi connectivity index (χ0) is 24.7. The topological polar surface area (TPSA) is 112 Å². The van der Waals surface area contributed by atoms with Gasteiger partial charge < -0.3 is 18.9 Å². The largest absolute Gasteiger partial charge is 0.493 e. The molecule has 2 aromatic rings. The van der Waals surface area contributed by atoms with E-state index in [4.69, 9.17) is 18.9 Å². The molecule has 0 spiro atoms. The molecular weight excluding hydrogens is 508 g/mol. The van der Waals surface area contributed by atoms with Crippen LogP contribution in [0.3, 0.4) is 0 Å². The smallest absolute Gasteiger partial charge is 0.328 e. The van der Waals surface area contributed by atoms with E-state index >= 15 is 0 Å². The van der Waals surface area contributed by atoms with Gasteiger partial charge in [-0.3, -0.25) is 20.2 Å². The number of ether oxygens (including phenoxy) is 4. The van der Waals surface area contributed by atoms with Crippen molar-refractivity contribution in [2.75, 3.05) is 33.5 Å². The molecule has 0 bridgehead atoms. The van der Waals surface area contributed by atoms with Gasteiger partial charge in [0.15, 0.2) is 11.5 Å². The number of methoxy groups -OCH3 is 1. The van der Waals surface area contributed by atoms with E-state index in [1.54, 1.807) is 12.1 Å². The van der Waals surface area contributed by atoms with Crippen LogP contribution in [-0.2, 0) is 14.3 Å². The Morgan fingerprint density at radius 1 is 0.882 bits per heavy atom. The lowest BCUT2D eigenvalue weighted by Crippen LogP contribution is -2.51. The lowest BCUT2D eigenvalue weighted by Gasteiger charge is -2.16. The van der Waals surface area contributed by atoms with Crippen molar-refractivity contribution in [3.63, 3.8) is 0 Å². The molecule has 0 aliphatic carbocycles. The third-order valence-electron chi connectivity index (χ3n) is 4.95. The number of amides is 4. The maximum Gasteiger partial charge on any atom is 0.328 e. The second kappa shape index (κ2) is 11.7. The highest BCUT2D eigenvalue weighted by Gasteiger charge is 2.27. The molecule has 1 fully saturated rings. The summed E-state index contributed by atoms with van der Waals surface area (Å²) in [4.78, 5) is 35.1. The molecule has 1 aliphatic heterocycles. The Labute approximate surface area is 205 Å². The van der Waals surface area contributed by atoms with E-state index in [0.717, 1.165) is 5.75 Å². The highest BCUT2D eigenvalue weighted by atomic mass is 79.9. The molecule has 1 saturated heterocycles. The summed E-state index contributed by atoms with van der Waals surface area (Å²) < 4.78 is 23.0. The van der Waals surface area contributed by atoms with Crippen LogP contribution in [-0.4, -0.2) is 51.4 Å². The molecular formula is C24H25BrN2O7. The van der Waals surface area contributed by atoms with Crippen molar-refractivity contribution >= 4 is 39.9 Å². The average molecular weight is 533 g/mol. The van der Waals surface area contributed by atoms with Gasteiger partial charge in [-0.2, -0.15) is 0 Å². The Balaban J connectivity index is 1.51. The van der Waals surface area contributed by atoms with E-state index in [1.807, 2.05) is 35.8 Å². The standard InChI is InChI=1S/C24H25BrN2O7/c1-14-4-5-17(10-15(14)2)33-8-6-32-7-9-34-21-19(25)12-16(13-20(21)31-3)11-18-22(28)26-24(30)27-23(18)29/h4-5,10-13H,6-9H2,1-3H3,(H2,26,27,28,29,30). The number of rotatable bonds is 10. The lowest BCUT2D eigenvalue weighted by atomic mass is 10.1. The molecule has 0 atom stereocenters. The van der Waals surface area contributed by atoms with Gasteiger partial charge in [-0.1, -0.05) is 6.07 Å². The highest BCUT2D eigenvalue weighted by molar-refractivity contribution is 9.10. The Kier molecular flexibility index (Phi) is 8.67. The molecule has 2 N–H and O–H groups in total. The van der Waals surface area contributed by atoms with Gasteiger partial charge in [0.25, 0.3) is 11.8 Å². The van der Waals surface area contributed by atoms with Gasteiger partial charge in [0.2, 0.25) is 0 Å². The zero-order valence-electron chi connectivity index (χ0n) is 19.0. The third kappa shape index (κ3) is 6.58. The fourth-order valence-electron chi connectivity index (χ4n) is 3.06. The zero-order valence-corrected chi connectivity index (χ0v) is 20.6. The van der Waals surface area contributed by atoms with Gasteiger partial charge in [-0.15, -0.1) is 0 Å². The van der Waals surface area contributed by atoms with Gasteiger partial charge in [0, 0.05) is 0 Å². The first-order valence-corrected chi connectivity index (χ1v) is 11.2. The number of halogens is 1. The molecule has 0 radical (unpaired) electrons. The fourth-order valence-corrected chi connectivity index (χ4v) is 3.64. The van der Waals surface area contributed by atoms with E-state index in [0.29, 0.717) is 41.4 Å². The first-order chi connectivity index (χ1) is 16.3. The van der Waals surface area contributed by atoms with Crippen molar-refractivity contribution in [3.05, 3.63) is 57.1 Å². The minimum absolute atomic E-state index is 0.196. The summed E-state index contributed by atoms with van der Waals surface area (Å²) in [5, 5.41) is 4.06. The molecule has 0 saturated carbocycles. The van der Waals surface area contributed by atoms with Crippen LogP contribution in [0.1, 0.15) is 16.7 Å². The number of nitrogens with one attached hydrogen (secondary N) is 2. The van der Waals surface area contributed by atoms with Gasteiger partial charge >= 0.3 is 6.03 Å². The number of carbonyl (C=O) groups is 3. The van der Waals surface area contributed by atoms with Crippen molar-refractivity contribution in [2.45, 2.75) is 13.8 Å². The van der Waals surface area contributed by atoms with Crippen LogP contribution in [0.15, 0.2) is 40.4 Å². The number of carbonyl (C=O) groups excluding carboxylic acids is 3. The van der Waals surface area contributed by atoms with Crippen LogP contribution in [0.5, 0.6) is 17.2 Å². The van der Waals surface area contributed by atoms with Crippen LogP contribution in [0.2, 0.25) is 0 Å². The van der Waals surface area contributed by atoms with Gasteiger partial charge in [-0.05, 0) is 76.8 Å².